The third-order valence-electron chi connectivity index (χ3n) is 1.18. The van der Waals surface area contributed by atoms with Gasteiger partial charge in [0.05, 0.1) is 0 Å². The molecule has 78 valence electrons. The average Bonchev–Trinajstić information content (AvgIpc) is 2.18. The Morgan fingerprint density at radius 3 is 2.00 bits per heavy atom. The van der Waals surface area contributed by atoms with E-state index in [4.69, 9.17) is 5.11 Å². The summed E-state index contributed by atoms with van der Waals surface area (Å²) in [7, 11) is 0. The normalized spacial score (nSPS) is 9.07. The fourth-order valence-electron chi connectivity index (χ4n) is 0.565. The molecule has 0 aromatic carbocycles. The summed E-state index contributed by atoms with van der Waals surface area (Å²) in [5, 5.41) is 8.09. The summed E-state index contributed by atoms with van der Waals surface area (Å²) in [4.78, 5) is 13.6. The van der Waals surface area contributed by atoms with Gasteiger partial charge in [0.2, 0.25) is 0 Å². The fraction of sp³-hybridized carbons (Fsp3) is 0.333. The van der Waals surface area contributed by atoms with Crippen LogP contribution in [0.1, 0.15) is 12.8 Å². The van der Waals surface area contributed by atoms with E-state index in [1.807, 2.05) is 18.2 Å². The maximum atomic E-state index is 9.84. The molecule has 0 saturated heterocycles. The minimum atomic E-state index is -0.793. The van der Waals surface area contributed by atoms with Gasteiger partial charge in [-0.2, -0.15) is 25.3 Å². The van der Waals surface area contributed by atoms with E-state index < -0.39 is 5.97 Å². The Bertz CT molecular complexity index is 215. The molecule has 0 bridgehead atoms. The van der Waals surface area contributed by atoms with Gasteiger partial charge in [-0.05, 0) is 18.6 Å². The number of aliphatic carboxylic acids is 1. The zero-order chi connectivity index (χ0) is 10.8. The lowest BCUT2D eigenvalue weighted by atomic mass is 10.3. The summed E-state index contributed by atoms with van der Waals surface area (Å²) in [5.74, 6) is -0.793. The molecule has 1 N–H and O–H groups in total. The maximum Gasteiger partial charge on any atom is 0.303 e. The van der Waals surface area contributed by atoms with E-state index in [0.717, 1.165) is 0 Å². The van der Waals surface area contributed by atoms with Crippen LogP contribution in [0.2, 0.25) is 0 Å². The van der Waals surface area contributed by atoms with E-state index in [2.05, 4.69) is 30.2 Å². The molecule has 1 aromatic rings. The molecule has 0 amide bonds. The van der Waals surface area contributed by atoms with Crippen molar-refractivity contribution in [3.05, 3.63) is 30.6 Å². The first-order valence-electron chi connectivity index (χ1n) is 4.06. The number of pyridine rings is 1. The second kappa shape index (κ2) is 8.90. The molecule has 0 atom stereocenters. The van der Waals surface area contributed by atoms with Crippen LogP contribution in [0.3, 0.4) is 0 Å². The van der Waals surface area contributed by atoms with Crippen molar-refractivity contribution >= 4 is 31.2 Å². The quantitative estimate of drug-likeness (QED) is 0.551. The number of carboxylic acid groups (broad SMARTS) is 1. The highest BCUT2D eigenvalue weighted by Gasteiger charge is 1.99. The second-order valence-electron chi connectivity index (χ2n) is 2.44. The molecule has 0 fully saturated rings. The molecule has 1 rings (SSSR count). The van der Waals surface area contributed by atoms with E-state index in [-0.39, 0.29) is 11.0 Å². The number of hydrogen-bond acceptors (Lipinski definition) is 4. The van der Waals surface area contributed by atoms with Gasteiger partial charge in [0.1, 0.15) is 0 Å². The lowest BCUT2D eigenvalue weighted by Crippen LogP contribution is -1.97. The van der Waals surface area contributed by atoms with Gasteiger partial charge in [0.25, 0.3) is 0 Å². The van der Waals surface area contributed by atoms with E-state index in [9.17, 15) is 4.79 Å². The number of thiol groups is 2. The van der Waals surface area contributed by atoms with Crippen molar-refractivity contribution in [2.75, 3.05) is 0 Å². The van der Waals surface area contributed by atoms with Crippen LogP contribution in [-0.4, -0.2) is 20.6 Å². The first-order chi connectivity index (χ1) is 6.63. The van der Waals surface area contributed by atoms with Crippen LogP contribution < -0.4 is 0 Å². The van der Waals surface area contributed by atoms with Gasteiger partial charge in [-0.15, -0.1) is 0 Å². The first kappa shape index (κ1) is 13.3. The van der Waals surface area contributed by atoms with Crippen molar-refractivity contribution in [2.24, 2.45) is 0 Å². The van der Waals surface area contributed by atoms with Gasteiger partial charge < -0.3 is 5.11 Å². The van der Waals surface area contributed by atoms with Gasteiger partial charge in [-0.1, -0.05) is 6.07 Å². The largest absolute Gasteiger partial charge is 0.481 e. The lowest BCUT2D eigenvalue weighted by Gasteiger charge is -1.96. The minimum absolute atomic E-state index is 0.105. The number of carbonyl (C=O) groups is 1. The number of carboxylic acids is 1. The van der Waals surface area contributed by atoms with Gasteiger partial charge in [-0.25, -0.2) is 0 Å². The molecule has 1 aromatic heterocycles. The SMILES string of the molecule is O=C(O)CCC(S)S.c1ccncc1. The number of nitrogens with zero attached hydrogens (tertiary/aromatic N) is 1. The second-order valence-corrected chi connectivity index (χ2v) is 4.09. The highest BCUT2D eigenvalue weighted by atomic mass is 32.2. The summed E-state index contributed by atoms with van der Waals surface area (Å²) in [6.07, 6.45) is 4.17. The molecule has 14 heavy (non-hydrogen) atoms. The third-order valence-corrected chi connectivity index (χ3v) is 1.70. The predicted molar refractivity (Wildman–Crippen MR) is 62.9 cm³/mol. The van der Waals surface area contributed by atoms with Gasteiger partial charge in [0.15, 0.2) is 0 Å². The number of aromatic nitrogens is 1. The fourth-order valence-corrected chi connectivity index (χ4v) is 0.823. The predicted octanol–water partition coefficient (Wildman–Crippen LogP) is 2.12. The summed E-state index contributed by atoms with van der Waals surface area (Å²) in [6, 6.07) is 5.72. The Labute approximate surface area is 94.4 Å². The van der Waals surface area contributed by atoms with E-state index >= 15 is 0 Å². The summed E-state index contributed by atoms with van der Waals surface area (Å²) >= 11 is 7.75. The van der Waals surface area contributed by atoms with Crippen molar-refractivity contribution in [3.63, 3.8) is 0 Å². The summed E-state index contributed by atoms with van der Waals surface area (Å²) in [5.41, 5.74) is 0. The van der Waals surface area contributed by atoms with Crippen molar-refractivity contribution in [1.29, 1.82) is 0 Å². The van der Waals surface area contributed by atoms with Crippen LogP contribution >= 0.6 is 25.3 Å². The Morgan fingerprint density at radius 1 is 1.29 bits per heavy atom. The molecule has 1 heterocycles. The first-order valence-corrected chi connectivity index (χ1v) is 5.09. The Kier molecular flexibility index (Phi) is 8.47. The molecule has 5 heteroatoms. The minimum Gasteiger partial charge on any atom is -0.481 e. The molecule has 0 unspecified atom stereocenters. The maximum absolute atomic E-state index is 9.84. The number of rotatable bonds is 3. The van der Waals surface area contributed by atoms with Crippen molar-refractivity contribution in [2.45, 2.75) is 17.4 Å². The van der Waals surface area contributed by atoms with Gasteiger partial charge in [-0.3, -0.25) is 9.78 Å². The Morgan fingerprint density at radius 2 is 1.86 bits per heavy atom. The van der Waals surface area contributed by atoms with Gasteiger partial charge in [0, 0.05) is 23.4 Å². The summed E-state index contributed by atoms with van der Waals surface area (Å²) < 4.78 is -0.105. The molecule has 0 spiro atoms. The van der Waals surface area contributed by atoms with Crippen LogP contribution in [0.5, 0.6) is 0 Å². The van der Waals surface area contributed by atoms with Crippen molar-refractivity contribution in [3.8, 4) is 0 Å². The average molecular weight is 231 g/mol. The van der Waals surface area contributed by atoms with E-state index in [1.165, 1.54) is 0 Å². The molecular weight excluding hydrogens is 218 g/mol. The monoisotopic (exact) mass is 231 g/mol. The van der Waals surface area contributed by atoms with Crippen molar-refractivity contribution < 1.29 is 9.90 Å². The molecular formula is C9H13NO2S2. The third kappa shape index (κ3) is 11.3. The lowest BCUT2D eigenvalue weighted by molar-refractivity contribution is -0.137. The van der Waals surface area contributed by atoms with E-state index in [1.54, 1.807) is 12.4 Å². The smallest absolute Gasteiger partial charge is 0.303 e. The Hall–Kier alpha value is -0.680. The molecule has 0 saturated carbocycles. The zero-order valence-electron chi connectivity index (χ0n) is 7.58. The molecule has 0 aliphatic rings. The van der Waals surface area contributed by atoms with Crippen LogP contribution in [0.15, 0.2) is 30.6 Å². The molecule has 3 nitrogen and oxygen atoms in total. The van der Waals surface area contributed by atoms with E-state index in [0.29, 0.717) is 6.42 Å². The van der Waals surface area contributed by atoms with Crippen LogP contribution in [0, 0.1) is 0 Å². The van der Waals surface area contributed by atoms with Crippen LogP contribution in [0.4, 0.5) is 0 Å². The molecule has 0 aliphatic carbocycles. The zero-order valence-corrected chi connectivity index (χ0v) is 9.36. The van der Waals surface area contributed by atoms with Crippen LogP contribution in [0.25, 0.3) is 0 Å². The topological polar surface area (TPSA) is 50.2 Å². The highest BCUT2D eigenvalue weighted by Crippen LogP contribution is 2.07. The molecule has 0 aliphatic heterocycles. The van der Waals surface area contributed by atoms with Gasteiger partial charge >= 0.3 is 5.97 Å². The number of hydrogen-bond donors (Lipinski definition) is 3. The standard InChI is InChI=1S/C5H5N.C4H8O2S2/c1-2-4-6-5-3-1;5-3(6)1-2-4(7)8/h1-5H;4,7-8H,1-2H2,(H,5,6). The Balaban J connectivity index is 0.000000249. The van der Waals surface area contributed by atoms with Crippen molar-refractivity contribution in [1.82, 2.24) is 4.98 Å². The summed E-state index contributed by atoms with van der Waals surface area (Å²) in [6.45, 7) is 0. The molecule has 0 radical (unpaired) electrons. The van der Waals surface area contributed by atoms with Crippen LogP contribution in [-0.2, 0) is 4.79 Å². The highest BCUT2D eigenvalue weighted by molar-refractivity contribution is 7.99.